The van der Waals surface area contributed by atoms with E-state index in [-0.39, 0.29) is 28.3 Å². The van der Waals surface area contributed by atoms with Crippen LogP contribution >= 0.6 is 0 Å². The monoisotopic (exact) mass is 456 g/mol. The number of piperidine rings is 1. The fourth-order valence-corrected chi connectivity index (χ4v) is 5.95. The van der Waals surface area contributed by atoms with Gasteiger partial charge >= 0.3 is 0 Å². The Morgan fingerprint density at radius 1 is 1.09 bits per heavy atom. The van der Waals surface area contributed by atoms with Crippen LogP contribution in [0.25, 0.3) is 0 Å². The average molecular weight is 457 g/mol. The normalized spacial score (nSPS) is 24.5. The molecule has 0 unspecified atom stereocenters. The lowest BCUT2D eigenvalue weighted by atomic mass is 9.62. The van der Waals surface area contributed by atoms with Gasteiger partial charge in [0.15, 0.2) is 0 Å². The molecule has 2 fully saturated rings. The van der Waals surface area contributed by atoms with E-state index in [0.29, 0.717) is 30.9 Å². The maximum absolute atomic E-state index is 13.4. The van der Waals surface area contributed by atoms with Crippen molar-refractivity contribution in [2.75, 3.05) is 16.2 Å². The number of rotatable bonds is 6. The van der Waals surface area contributed by atoms with Crippen LogP contribution in [0.15, 0.2) is 53.4 Å². The molecule has 0 spiro atoms. The van der Waals surface area contributed by atoms with Crippen LogP contribution in [0, 0.1) is 16.7 Å². The summed E-state index contributed by atoms with van der Waals surface area (Å²) < 4.78 is 33.9. The van der Waals surface area contributed by atoms with E-state index in [9.17, 15) is 18.0 Å². The van der Waals surface area contributed by atoms with E-state index in [0.717, 1.165) is 0 Å². The molecular formula is C24H28N2O5S. The quantitative estimate of drug-likeness (QED) is 0.658. The van der Waals surface area contributed by atoms with Gasteiger partial charge in [-0.25, -0.2) is 13.3 Å². The summed E-state index contributed by atoms with van der Waals surface area (Å²) in [5.41, 5.74) is -0.433. The first-order valence-corrected chi connectivity index (χ1v) is 12.2. The molecule has 32 heavy (non-hydrogen) atoms. The number of nitrogens with zero attached hydrogens (tertiary/aromatic N) is 1. The predicted molar refractivity (Wildman–Crippen MR) is 122 cm³/mol. The molecular weight excluding hydrogens is 428 g/mol. The molecule has 2 bridgehead atoms. The van der Waals surface area contributed by atoms with Gasteiger partial charge in [-0.15, -0.1) is 0 Å². The van der Waals surface area contributed by atoms with Crippen LogP contribution in [0.4, 0.5) is 11.4 Å². The zero-order chi connectivity index (χ0) is 23.3. The van der Waals surface area contributed by atoms with Gasteiger partial charge in [-0.2, -0.15) is 0 Å². The maximum Gasteiger partial charge on any atom is 0.261 e. The van der Waals surface area contributed by atoms with Crippen molar-refractivity contribution in [3.8, 4) is 5.75 Å². The van der Waals surface area contributed by atoms with Crippen molar-refractivity contribution in [2.24, 2.45) is 16.7 Å². The molecule has 0 radical (unpaired) electrons. The highest BCUT2D eigenvalue weighted by Crippen LogP contribution is 2.60. The van der Waals surface area contributed by atoms with E-state index in [1.807, 2.05) is 27.7 Å². The smallest absolute Gasteiger partial charge is 0.261 e. The Hall–Kier alpha value is -2.87. The topological polar surface area (TPSA) is 92.8 Å². The van der Waals surface area contributed by atoms with Crippen LogP contribution in [0.3, 0.4) is 0 Å². The second-order valence-corrected chi connectivity index (χ2v) is 10.9. The standard InChI is InChI=1S/C24H28N2O5S/c1-5-31-18-11-9-16(10-12-18)25-32(29,30)19-8-6-7-17(15-19)26-21(27)20-13-14-24(4,22(26)28)23(20,2)3/h6-12,15,20,25H,5,13-14H2,1-4H3/t20-,24+/m1/s1. The summed E-state index contributed by atoms with van der Waals surface area (Å²) in [7, 11) is -3.92. The number of hydrogen-bond donors (Lipinski definition) is 1. The van der Waals surface area contributed by atoms with E-state index in [2.05, 4.69) is 4.72 Å². The lowest BCUT2D eigenvalue weighted by molar-refractivity contribution is -0.146. The second-order valence-electron chi connectivity index (χ2n) is 9.18. The number of carbonyl (C=O) groups is 2. The van der Waals surface area contributed by atoms with Gasteiger partial charge in [0.05, 0.1) is 22.6 Å². The molecule has 170 valence electrons. The number of carbonyl (C=O) groups excluding carboxylic acids is 2. The fourth-order valence-electron chi connectivity index (χ4n) is 4.85. The Labute approximate surface area is 188 Å². The number of anilines is 2. The Morgan fingerprint density at radius 3 is 2.44 bits per heavy atom. The SMILES string of the molecule is CCOc1ccc(NS(=O)(=O)c2cccc(N3C(=O)[C@H]4CC[C@@](C)(C3=O)C4(C)C)c2)cc1. The maximum atomic E-state index is 13.4. The Kier molecular flexibility index (Phi) is 5.32. The lowest BCUT2D eigenvalue weighted by Crippen LogP contribution is -2.59. The van der Waals surface area contributed by atoms with Gasteiger partial charge in [0, 0.05) is 11.6 Å². The summed E-state index contributed by atoms with van der Waals surface area (Å²) in [4.78, 5) is 27.8. The van der Waals surface area contributed by atoms with E-state index >= 15 is 0 Å². The molecule has 2 aromatic rings. The first-order chi connectivity index (χ1) is 15.0. The van der Waals surface area contributed by atoms with Gasteiger partial charge in [-0.1, -0.05) is 26.8 Å². The summed E-state index contributed by atoms with van der Waals surface area (Å²) in [6, 6.07) is 12.6. The van der Waals surface area contributed by atoms with Crippen molar-refractivity contribution in [3.05, 3.63) is 48.5 Å². The highest BCUT2D eigenvalue weighted by molar-refractivity contribution is 7.92. The third-order valence-corrected chi connectivity index (χ3v) is 8.60. The van der Waals surface area contributed by atoms with Gasteiger partial charge in [-0.05, 0) is 67.6 Å². The van der Waals surface area contributed by atoms with E-state index in [1.165, 1.54) is 17.0 Å². The minimum Gasteiger partial charge on any atom is -0.494 e. The molecule has 7 nitrogen and oxygen atoms in total. The van der Waals surface area contributed by atoms with Gasteiger partial charge in [0.2, 0.25) is 11.8 Å². The molecule has 2 aliphatic rings. The Balaban J connectivity index is 1.64. The lowest BCUT2D eigenvalue weighted by Gasteiger charge is -2.47. The molecule has 1 aliphatic heterocycles. The van der Waals surface area contributed by atoms with Crippen molar-refractivity contribution in [1.82, 2.24) is 0 Å². The summed E-state index contributed by atoms with van der Waals surface area (Å²) in [5.74, 6) is -0.155. The number of benzene rings is 2. The molecule has 1 N–H and O–H groups in total. The number of fused-ring (bicyclic) bond motifs is 2. The number of imide groups is 1. The van der Waals surface area contributed by atoms with Crippen molar-refractivity contribution in [2.45, 2.75) is 45.4 Å². The molecule has 2 amide bonds. The number of ether oxygens (including phenoxy) is 1. The third-order valence-electron chi connectivity index (χ3n) is 7.22. The third kappa shape index (κ3) is 3.37. The minimum absolute atomic E-state index is 0.0215. The summed E-state index contributed by atoms with van der Waals surface area (Å²) in [5, 5.41) is 0. The van der Waals surface area contributed by atoms with Crippen LogP contribution in [-0.2, 0) is 19.6 Å². The van der Waals surface area contributed by atoms with E-state index in [1.54, 1.807) is 36.4 Å². The van der Waals surface area contributed by atoms with E-state index in [4.69, 9.17) is 4.74 Å². The van der Waals surface area contributed by atoms with E-state index < -0.39 is 20.9 Å². The summed E-state index contributed by atoms with van der Waals surface area (Å²) in [6.45, 7) is 8.23. The second kappa shape index (κ2) is 7.62. The molecule has 4 rings (SSSR count). The minimum atomic E-state index is -3.92. The highest BCUT2D eigenvalue weighted by Gasteiger charge is 2.64. The van der Waals surface area contributed by atoms with Crippen molar-refractivity contribution in [3.63, 3.8) is 0 Å². The van der Waals surface area contributed by atoms with Crippen molar-refractivity contribution >= 4 is 33.2 Å². The number of nitrogens with one attached hydrogen (secondary N) is 1. The van der Waals surface area contributed by atoms with Crippen LogP contribution in [-0.4, -0.2) is 26.8 Å². The summed E-state index contributed by atoms with van der Waals surface area (Å²) in [6.07, 6.45) is 1.30. The molecule has 0 aromatic heterocycles. The summed E-state index contributed by atoms with van der Waals surface area (Å²) >= 11 is 0. The highest BCUT2D eigenvalue weighted by atomic mass is 32.2. The molecule has 8 heteroatoms. The van der Waals surface area contributed by atoms with Crippen LogP contribution < -0.4 is 14.4 Å². The number of sulfonamides is 1. The van der Waals surface area contributed by atoms with Gasteiger partial charge < -0.3 is 4.74 Å². The molecule has 1 aliphatic carbocycles. The largest absolute Gasteiger partial charge is 0.494 e. The predicted octanol–water partition coefficient (Wildman–Crippen LogP) is 4.20. The van der Waals surface area contributed by atoms with Crippen LogP contribution in [0.5, 0.6) is 5.75 Å². The zero-order valence-corrected chi connectivity index (χ0v) is 19.5. The zero-order valence-electron chi connectivity index (χ0n) is 18.7. The Bertz CT molecular complexity index is 1170. The van der Waals surface area contributed by atoms with Gasteiger partial charge in [-0.3, -0.25) is 14.3 Å². The number of amides is 2. The van der Waals surface area contributed by atoms with Crippen LogP contribution in [0.2, 0.25) is 0 Å². The number of hydrogen-bond acceptors (Lipinski definition) is 5. The average Bonchev–Trinajstić information content (AvgIpc) is 2.93. The van der Waals surface area contributed by atoms with Crippen molar-refractivity contribution in [1.29, 1.82) is 0 Å². The molecule has 1 saturated heterocycles. The first-order valence-electron chi connectivity index (χ1n) is 10.8. The molecule has 1 heterocycles. The molecule has 2 atom stereocenters. The van der Waals surface area contributed by atoms with Gasteiger partial charge in [0.1, 0.15) is 5.75 Å². The fraction of sp³-hybridized carbons (Fsp3) is 0.417. The van der Waals surface area contributed by atoms with Crippen LogP contribution in [0.1, 0.15) is 40.5 Å². The molecule has 1 saturated carbocycles. The molecule has 2 aromatic carbocycles. The first kappa shape index (κ1) is 22.3. The van der Waals surface area contributed by atoms with Gasteiger partial charge in [0.25, 0.3) is 10.0 Å². The Morgan fingerprint density at radius 2 is 1.78 bits per heavy atom. The van der Waals surface area contributed by atoms with Crippen molar-refractivity contribution < 1.29 is 22.7 Å².